The molecular weight excluding hydrogens is 240 g/mol. The van der Waals surface area contributed by atoms with Gasteiger partial charge in [-0.15, -0.1) is 0 Å². The number of aliphatic hydroxyl groups excluding tert-OH is 2. The van der Waals surface area contributed by atoms with Crippen LogP contribution in [0.2, 0.25) is 0 Å². The zero-order valence-electron chi connectivity index (χ0n) is 9.41. The summed E-state index contributed by atoms with van der Waals surface area (Å²) in [7, 11) is 0. The molecule has 0 saturated carbocycles. The van der Waals surface area contributed by atoms with Gasteiger partial charge in [-0.25, -0.2) is 0 Å². The quantitative estimate of drug-likeness (QED) is 0.792. The van der Waals surface area contributed by atoms with Gasteiger partial charge in [-0.1, -0.05) is 0 Å². The molecule has 6 nitrogen and oxygen atoms in total. The molecule has 0 unspecified atom stereocenters. The maximum absolute atomic E-state index is 9.96. The smallest absolute Gasteiger partial charge is 0.185 e. The lowest BCUT2D eigenvalue weighted by Crippen LogP contribution is -1.74. The maximum Gasteiger partial charge on any atom is 0.185 e. The first kappa shape index (κ1) is 13.9. The number of hydrogen-bond acceptors (Lipinski definition) is 6. The van der Waals surface area contributed by atoms with E-state index in [-0.39, 0.29) is 24.7 Å². The first-order valence-electron chi connectivity index (χ1n) is 5.01. The Morgan fingerprint density at radius 2 is 1.78 bits per heavy atom. The van der Waals surface area contributed by atoms with Crippen molar-refractivity contribution in [1.82, 2.24) is 0 Å². The first-order chi connectivity index (χ1) is 8.73. The van der Waals surface area contributed by atoms with E-state index in [0.29, 0.717) is 23.9 Å². The van der Waals surface area contributed by atoms with E-state index in [1.165, 1.54) is 18.4 Å². The molecule has 0 aliphatic heterocycles. The zero-order chi connectivity index (χ0) is 13.4. The molecule has 0 fully saturated rings. The molecule has 2 N–H and O–H groups in total. The second kappa shape index (κ2) is 7.21. The summed E-state index contributed by atoms with van der Waals surface area (Å²) in [6.45, 7) is -0.245. The topological polar surface area (TPSA) is 101 Å². The molecule has 0 saturated heterocycles. The van der Waals surface area contributed by atoms with Crippen molar-refractivity contribution in [2.75, 3.05) is 0 Å². The Balaban J connectivity index is 0.000000180. The molecule has 2 heterocycles. The van der Waals surface area contributed by atoms with Gasteiger partial charge in [0.05, 0.1) is 12.9 Å². The van der Waals surface area contributed by atoms with E-state index < -0.39 is 0 Å². The highest BCUT2D eigenvalue weighted by molar-refractivity contribution is 5.70. The van der Waals surface area contributed by atoms with E-state index in [4.69, 9.17) is 14.6 Å². The fourth-order valence-corrected chi connectivity index (χ4v) is 1.08. The average molecular weight is 252 g/mol. The largest absolute Gasteiger partial charge is 0.461 e. The van der Waals surface area contributed by atoms with Gasteiger partial charge in [0.2, 0.25) is 0 Å². The second-order valence-corrected chi connectivity index (χ2v) is 3.21. The molecular formula is C12H12O6. The van der Waals surface area contributed by atoms with Gasteiger partial charge in [0.1, 0.15) is 12.4 Å². The van der Waals surface area contributed by atoms with E-state index >= 15 is 0 Å². The SMILES string of the molecule is O=Cc1cc(CO)co1.O=Cc1ccc(CO)o1. The molecule has 0 bridgehead atoms. The molecule has 96 valence electrons. The average Bonchev–Trinajstić information content (AvgIpc) is 3.07. The fraction of sp³-hybridized carbons (Fsp3) is 0.167. The van der Waals surface area contributed by atoms with Crippen molar-refractivity contribution in [3.8, 4) is 0 Å². The van der Waals surface area contributed by atoms with E-state index in [2.05, 4.69) is 4.42 Å². The summed E-state index contributed by atoms with van der Waals surface area (Å²) in [4.78, 5) is 19.9. The maximum atomic E-state index is 9.96. The highest BCUT2D eigenvalue weighted by atomic mass is 16.4. The number of hydrogen-bond donors (Lipinski definition) is 2. The number of aliphatic hydroxyl groups is 2. The summed E-state index contributed by atoms with van der Waals surface area (Å²) in [5, 5.41) is 16.9. The molecule has 0 aromatic carbocycles. The van der Waals surface area contributed by atoms with Crippen LogP contribution in [0.25, 0.3) is 0 Å². The fourth-order valence-electron chi connectivity index (χ4n) is 1.08. The lowest BCUT2D eigenvalue weighted by atomic mass is 10.3. The van der Waals surface area contributed by atoms with Gasteiger partial charge >= 0.3 is 0 Å². The van der Waals surface area contributed by atoms with Crippen molar-refractivity contribution in [2.45, 2.75) is 13.2 Å². The molecule has 0 spiro atoms. The Bertz CT molecular complexity index is 450. The summed E-state index contributed by atoms with van der Waals surface area (Å²) in [5.74, 6) is 0.912. The lowest BCUT2D eigenvalue weighted by molar-refractivity contribution is 0.109. The Hall–Kier alpha value is -2.18. The lowest BCUT2D eigenvalue weighted by Gasteiger charge is -1.82. The van der Waals surface area contributed by atoms with Gasteiger partial charge in [-0.05, 0) is 18.2 Å². The third-order valence-electron chi connectivity index (χ3n) is 1.93. The molecule has 2 rings (SSSR count). The van der Waals surface area contributed by atoms with E-state index in [9.17, 15) is 9.59 Å². The molecule has 2 aromatic rings. The van der Waals surface area contributed by atoms with Crippen LogP contribution in [-0.2, 0) is 13.2 Å². The van der Waals surface area contributed by atoms with Crippen LogP contribution in [0, 0.1) is 0 Å². The van der Waals surface area contributed by atoms with Gasteiger partial charge in [0.25, 0.3) is 0 Å². The van der Waals surface area contributed by atoms with Crippen LogP contribution < -0.4 is 0 Å². The molecule has 0 radical (unpaired) electrons. The van der Waals surface area contributed by atoms with Crippen molar-refractivity contribution in [3.05, 3.63) is 47.3 Å². The van der Waals surface area contributed by atoms with E-state index in [1.54, 1.807) is 6.07 Å². The van der Waals surface area contributed by atoms with Crippen molar-refractivity contribution < 1.29 is 28.6 Å². The molecule has 6 heteroatoms. The third kappa shape index (κ3) is 4.00. The molecule has 0 aliphatic rings. The van der Waals surface area contributed by atoms with Crippen molar-refractivity contribution in [2.24, 2.45) is 0 Å². The Kier molecular flexibility index (Phi) is 5.56. The van der Waals surface area contributed by atoms with Crippen molar-refractivity contribution >= 4 is 12.6 Å². The molecule has 0 amide bonds. The highest BCUT2D eigenvalue weighted by Gasteiger charge is 1.97. The standard InChI is InChI=1S/2C6H6O3/c7-2-5-1-6(3-8)9-4-5;7-3-5-1-2-6(4-8)9-5/h1,3-4,7H,2H2;1-3,8H,4H2. The summed E-state index contributed by atoms with van der Waals surface area (Å²) < 4.78 is 9.44. The number of aldehydes is 2. The summed E-state index contributed by atoms with van der Waals surface area (Å²) in [6.07, 6.45) is 2.54. The van der Waals surface area contributed by atoms with Crippen LogP contribution >= 0.6 is 0 Å². The van der Waals surface area contributed by atoms with E-state index in [1.807, 2.05) is 0 Å². The zero-order valence-corrected chi connectivity index (χ0v) is 9.41. The highest BCUT2D eigenvalue weighted by Crippen LogP contribution is 2.04. The number of furan rings is 2. The predicted octanol–water partition coefficient (Wildman–Crippen LogP) is 1.17. The second-order valence-electron chi connectivity index (χ2n) is 3.21. The van der Waals surface area contributed by atoms with Crippen LogP contribution in [-0.4, -0.2) is 22.8 Å². The molecule has 0 aliphatic carbocycles. The number of rotatable bonds is 4. The van der Waals surface area contributed by atoms with Gasteiger partial charge in [-0.2, -0.15) is 0 Å². The summed E-state index contributed by atoms with van der Waals surface area (Å²) in [5.41, 5.74) is 0.622. The number of carbonyl (C=O) groups excluding carboxylic acids is 2. The van der Waals surface area contributed by atoms with Crippen molar-refractivity contribution in [1.29, 1.82) is 0 Å². The monoisotopic (exact) mass is 252 g/mol. The molecule has 0 atom stereocenters. The summed E-state index contributed by atoms with van der Waals surface area (Å²) in [6, 6.07) is 4.56. The van der Waals surface area contributed by atoms with Crippen LogP contribution in [0.4, 0.5) is 0 Å². The Morgan fingerprint density at radius 3 is 2.11 bits per heavy atom. The van der Waals surface area contributed by atoms with Crippen LogP contribution in [0.5, 0.6) is 0 Å². The minimum atomic E-state index is -0.159. The minimum Gasteiger partial charge on any atom is -0.461 e. The summed E-state index contributed by atoms with van der Waals surface area (Å²) >= 11 is 0. The Morgan fingerprint density at radius 1 is 1.06 bits per heavy atom. The number of carbonyl (C=O) groups is 2. The van der Waals surface area contributed by atoms with Crippen LogP contribution in [0.3, 0.4) is 0 Å². The van der Waals surface area contributed by atoms with Gasteiger partial charge < -0.3 is 19.0 Å². The van der Waals surface area contributed by atoms with Gasteiger partial charge in [0.15, 0.2) is 24.1 Å². The van der Waals surface area contributed by atoms with Crippen LogP contribution in [0.15, 0.2) is 33.3 Å². The van der Waals surface area contributed by atoms with E-state index in [0.717, 1.165) is 0 Å². The van der Waals surface area contributed by atoms with Crippen molar-refractivity contribution in [3.63, 3.8) is 0 Å². The predicted molar refractivity (Wildman–Crippen MR) is 60.0 cm³/mol. The normalized spacial score (nSPS) is 9.44. The molecule has 18 heavy (non-hydrogen) atoms. The van der Waals surface area contributed by atoms with Gasteiger partial charge in [-0.3, -0.25) is 9.59 Å². The first-order valence-corrected chi connectivity index (χ1v) is 5.01. The third-order valence-corrected chi connectivity index (χ3v) is 1.93. The van der Waals surface area contributed by atoms with Gasteiger partial charge in [0, 0.05) is 5.56 Å². The molecule has 2 aromatic heterocycles. The minimum absolute atomic E-state index is 0.0860. The van der Waals surface area contributed by atoms with Crippen LogP contribution in [0.1, 0.15) is 32.4 Å². The Labute approximate surface area is 102 Å².